The number of nitrogens with zero attached hydrogens (tertiary/aromatic N) is 4. The highest BCUT2D eigenvalue weighted by molar-refractivity contribution is 7.98. The van der Waals surface area contributed by atoms with Gasteiger partial charge in [0.2, 0.25) is 5.69 Å². The number of thioether (sulfide) groups is 1. The number of nitriles is 1. The molecule has 0 saturated heterocycles. The second kappa shape index (κ2) is 12.5. The molecule has 7 nitrogen and oxygen atoms in total. The number of halogens is 1. The van der Waals surface area contributed by atoms with E-state index in [9.17, 15) is 5.26 Å². The van der Waals surface area contributed by atoms with Crippen LogP contribution in [0.15, 0.2) is 58.9 Å². The van der Waals surface area contributed by atoms with Crippen LogP contribution in [0.25, 0.3) is 26.5 Å². The maximum atomic E-state index is 10.3. The van der Waals surface area contributed by atoms with Crippen molar-refractivity contribution < 1.29 is 9.84 Å². The molecular formula is C29H24ClN5O2S2. The van der Waals surface area contributed by atoms with E-state index in [1.54, 1.807) is 23.5 Å². The highest BCUT2D eigenvalue weighted by Crippen LogP contribution is 2.44. The summed E-state index contributed by atoms with van der Waals surface area (Å²) in [5.41, 5.74) is 3.87. The van der Waals surface area contributed by atoms with Crippen molar-refractivity contribution in [3.63, 3.8) is 0 Å². The lowest BCUT2D eigenvalue weighted by atomic mass is 9.93. The summed E-state index contributed by atoms with van der Waals surface area (Å²) in [5.74, 6) is 1.64. The summed E-state index contributed by atoms with van der Waals surface area (Å²) in [7, 11) is 0. The van der Waals surface area contributed by atoms with Gasteiger partial charge in [-0.2, -0.15) is 5.26 Å². The summed E-state index contributed by atoms with van der Waals surface area (Å²) in [6.07, 6.45) is 3.20. The lowest BCUT2D eigenvalue weighted by molar-refractivity contribution is 0.201. The van der Waals surface area contributed by atoms with Crippen LogP contribution in [0.4, 0.5) is 11.5 Å². The molecule has 0 radical (unpaired) electrons. The molecule has 39 heavy (non-hydrogen) atoms. The molecule has 0 unspecified atom stereocenters. The van der Waals surface area contributed by atoms with E-state index in [0.717, 1.165) is 41.1 Å². The molecule has 196 valence electrons. The summed E-state index contributed by atoms with van der Waals surface area (Å²) in [5, 5.41) is 26.9. The van der Waals surface area contributed by atoms with E-state index in [1.807, 2.05) is 41.8 Å². The number of anilines is 1. The van der Waals surface area contributed by atoms with Crippen molar-refractivity contribution in [3.8, 4) is 33.5 Å². The fraction of sp³-hybridized carbons (Fsp3) is 0.241. The number of aliphatic hydroxyl groups excluding tert-OH is 1. The first-order chi connectivity index (χ1) is 19.1. The van der Waals surface area contributed by atoms with Crippen LogP contribution < -0.4 is 10.1 Å². The van der Waals surface area contributed by atoms with E-state index < -0.39 is 0 Å². The van der Waals surface area contributed by atoms with Crippen molar-refractivity contribution in [3.05, 3.63) is 81.6 Å². The summed E-state index contributed by atoms with van der Waals surface area (Å²) >= 11 is 9.02. The molecule has 5 rings (SSSR count). The van der Waals surface area contributed by atoms with Crippen molar-refractivity contribution in [2.75, 3.05) is 18.5 Å². The zero-order valence-electron chi connectivity index (χ0n) is 20.9. The molecule has 1 fully saturated rings. The van der Waals surface area contributed by atoms with Crippen LogP contribution in [0.2, 0.25) is 5.02 Å². The van der Waals surface area contributed by atoms with Crippen molar-refractivity contribution in [1.29, 1.82) is 5.26 Å². The van der Waals surface area contributed by atoms with Gasteiger partial charge in [0.25, 0.3) is 0 Å². The molecule has 1 aliphatic rings. The quantitative estimate of drug-likeness (QED) is 0.149. The van der Waals surface area contributed by atoms with Crippen molar-refractivity contribution >= 4 is 46.2 Å². The van der Waals surface area contributed by atoms with Gasteiger partial charge in [-0.25, -0.2) is 14.8 Å². The average Bonchev–Trinajstić information content (AvgIpc) is 3.42. The standard InChI is InChI=1S/C29H24ClN5O2S2/c1-32-26-25(18-7-11-23(12-8-18)37-14-13-36)24(15-31)29(35-27(26)33-21-3-2-4-21)39-17-22-16-38-28(34-22)19-5-9-20(30)10-6-19/h5-12,16,21,36H,2-4,13-14,17H2,(H,33,35). The van der Waals surface area contributed by atoms with E-state index in [-0.39, 0.29) is 19.3 Å². The highest BCUT2D eigenvalue weighted by Gasteiger charge is 2.25. The maximum absolute atomic E-state index is 10.3. The largest absolute Gasteiger partial charge is 0.491 e. The molecule has 1 aliphatic carbocycles. The Morgan fingerprint density at radius 3 is 2.54 bits per heavy atom. The molecule has 0 bridgehead atoms. The highest BCUT2D eigenvalue weighted by atomic mass is 35.5. The molecule has 4 aromatic rings. The second-order valence-corrected chi connectivity index (χ2v) is 11.2. The van der Waals surface area contributed by atoms with Crippen LogP contribution in [0.3, 0.4) is 0 Å². The number of hydrogen-bond donors (Lipinski definition) is 2. The molecule has 2 aromatic heterocycles. The van der Waals surface area contributed by atoms with Gasteiger partial charge < -0.3 is 15.2 Å². The Morgan fingerprint density at radius 1 is 1.15 bits per heavy atom. The van der Waals surface area contributed by atoms with Gasteiger partial charge in [0.15, 0.2) is 0 Å². The molecule has 2 heterocycles. The van der Waals surface area contributed by atoms with Crippen LogP contribution in [0, 0.1) is 17.9 Å². The van der Waals surface area contributed by atoms with Crippen LogP contribution in [-0.2, 0) is 5.75 Å². The minimum atomic E-state index is -0.0798. The van der Waals surface area contributed by atoms with Crippen molar-refractivity contribution in [2.24, 2.45) is 0 Å². The molecular weight excluding hydrogens is 550 g/mol. The third-order valence-corrected chi connectivity index (χ3v) is 8.51. The first kappa shape index (κ1) is 27.0. The first-order valence-electron chi connectivity index (χ1n) is 12.4. The number of ether oxygens (including phenoxy) is 1. The Morgan fingerprint density at radius 2 is 1.90 bits per heavy atom. The second-order valence-electron chi connectivity index (χ2n) is 8.90. The van der Waals surface area contributed by atoms with Gasteiger partial charge in [-0.15, -0.1) is 11.3 Å². The zero-order chi connectivity index (χ0) is 27.2. The number of rotatable bonds is 10. The smallest absolute Gasteiger partial charge is 0.237 e. The topological polar surface area (TPSA) is 95.4 Å². The van der Waals surface area contributed by atoms with Crippen LogP contribution in [0.5, 0.6) is 5.75 Å². The van der Waals surface area contributed by atoms with Gasteiger partial charge in [0, 0.05) is 33.3 Å². The zero-order valence-corrected chi connectivity index (χ0v) is 23.2. The fourth-order valence-electron chi connectivity index (χ4n) is 4.12. The number of aliphatic hydroxyl groups is 1. The van der Waals surface area contributed by atoms with Crippen LogP contribution >= 0.6 is 34.7 Å². The minimum absolute atomic E-state index is 0.0798. The molecule has 2 aromatic carbocycles. The monoisotopic (exact) mass is 573 g/mol. The predicted octanol–water partition coefficient (Wildman–Crippen LogP) is 7.58. The van der Waals surface area contributed by atoms with Gasteiger partial charge in [-0.1, -0.05) is 47.6 Å². The molecule has 0 aliphatic heterocycles. The number of hydrogen-bond acceptors (Lipinski definition) is 8. The Kier molecular flexibility index (Phi) is 8.65. The lowest BCUT2D eigenvalue weighted by Gasteiger charge is -2.28. The SMILES string of the molecule is [C-]#[N+]c1c(NC2CCC2)nc(SCc2csc(-c3ccc(Cl)cc3)n2)c(C#N)c1-c1ccc(OCCO)cc1. The van der Waals surface area contributed by atoms with Crippen molar-refractivity contribution in [1.82, 2.24) is 9.97 Å². The summed E-state index contributed by atoms with van der Waals surface area (Å²) in [4.78, 5) is 13.4. The molecule has 0 amide bonds. The van der Waals surface area contributed by atoms with E-state index >= 15 is 0 Å². The Labute approximate surface area is 240 Å². The molecule has 0 atom stereocenters. The Bertz CT molecular complexity index is 1540. The summed E-state index contributed by atoms with van der Waals surface area (Å²) < 4.78 is 5.49. The first-order valence-corrected chi connectivity index (χ1v) is 14.6. The van der Waals surface area contributed by atoms with Gasteiger partial charge >= 0.3 is 0 Å². The lowest BCUT2D eigenvalue weighted by Crippen LogP contribution is -2.27. The van der Waals surface area contributed by atoms with Gasteiger partial charge in [-0.05, 0) is 49.1 Å². The van der Waals surface area contributed by atoms with E-state index in [0.29, 0.717) is 44.2 Å². The normalized spacial score (nSPS) is 12.8. The Hall–Kier alpha value is -3.60. The number of nitrogens with one attached hydrogen (secondary N) is 1. The van der Waals surface area contributed by atoms with Gasteiger partial charge in [0.05, 0.1) is 24.4 Å². The summed E-state index contributed by atoms with van der Waals surface area (Å²) in [6, 6.07) is 17.4. The third kappa shape index (κ3) is 6.19. The maximum Gasteiger partial charge on any atom is 0.237 e. The third-order valence-electron chi connectivity index (χ3n) is 6.31. The van der Waals surface area contributed by atoms with E-state index in [1.165, 1.54) is 11.8 Å². The van der Waals surface area contributed by atoms with Gasteiger partial charge in [0.1, 0.15) is 34.3 Å². The van der Waals surface area contributed by atoms with E-state index in [2.05, 4.69) is 16.2 Å². The molecule has 0 spiro atoms. The molecule has 1 saturated carbocycles. The summed E-state index contributed by atoms with van der Waals surface area (Å²) in [6.45, 7) is 8.08. The Balaban J connectivity index is 1.48. The average molecular weight is 574 g/mol. The number of aromatic nitrogens is 2. The number of thiazole rings is 1. The molecule has 2 N–H and O–H groups in total. The number of benzene rings is 2. The predicted molar refractivity (Wildman–Crippen MR) is 157 cm³/mol. The van der Waals surface area contributed by atoms with Crippen molar-refractivity contribution in [2.45, 2.75) is 36.1 Å². The molecule has 10 heteroatoms. The van der Waals surface area contributed by atoms with Crippen LogP contribution in [0.1, 0.15) is 30.5 Å². The van der Waals surface area contributed by atoms with Crippen LogP contribution in [-0.4, -0.2) is 34.3 Å². The fourth-order valence-corrected chi connectivity index (χ4v) is 6.06. The van der Waals surface area contributed by atoms with Gasteiger partial charge in [-0.3, -0.25) is 0 Å². The minimum Gasteiger partial charge on any atom is -0.491 e. The number of pyridine rings is 1. The van der Waals surface area contributed by atoms with E-state index in [4.69, 9.17) is 38.0 Å².